The smallest absolute Gasteiger partial charge is 0.132 e. The minimum Gasteiger partial charge on any atom is -0.380 e. The van der Waals surface area contributed by atoms with Crippen LogP contribution in [0.4, 0.5) is 5.69 Å². The van der Waals surface area contributed by atoms with Crippen LogP contribution in [0.3, 0.4) is 0 Å². The van der Waals surface area contributed by atoms with Crippen LogP contribution in [-0.2, 0) is 6.54 Å². The first-order valence-corrected chi connectivity index (χ1v) is 6.84. The fraction of sp³-hybridized carbons (Fsp3) is 0.214. The molecule has 0 bridgehead atoms. The van der Waals surface area contributed by atoms with Gasteiger partial charge in [0.25, 0.3) is 0 Å². The Kier molecular flexibility index (Phi) is 4.25. The van der Waals surface area contributed by atoms with Gasteiger partial charge in [-0.3, -0.25) is 0 Å². The predicted octanol–water partition coefficient (Wildman–Crippen LogP) is 4.73. The van der Waals surface area contributed by atoms with Gasteiger partial charge in [0, 0.05) is 11.0 Å². The van der Waals surface area contributed by atoms with E-state index in [0.29, 0.717) is 5.15 Å². The number of rotatable bonds is 3. The largest absolute Gasteiger partial charge is 0.380 e. The molecule has 2 rings (SSSR count). The Morgan fingerprint density at radius 1 is 1.22 bits per heavy atom. The Balaban J connectivity index is 2.06. The van der Waals surface area contributed by atoms with E-state index in [1.807, 2.05) is 13.0 Å². The topological polar surface area (TPSA) is 24.9 Å². The first kappa shape index (κ1) is 13.4. The molecule has 0 spiro atoms. The van der Waals surface area contributed by atoms with Gasteiger partial charge in [0.05, 0.1) is 11.9 Å². The molecular weight excluding hydrogens is 312 g/mol. The van der Waals surface area contributed by atoms with E-state index in [9.17, 15) is 0 Å². The van der Waals surface area contributed by atoms with Gasteiger partial charge in [0.15, 0.2) is 0 Å². The number of aryl methyl sites for hydroxylation is 2. The molecule has 0 saturated heterocycles. The number of aromatic nitrogens is 1. The zero-order chi connectivity index (χ0) is 13.1. The molecule has 0 radical (unpaired) electrons. The zero-order valence-corrected chi connectivity index (χ0v) is 12.6. The van der Waals surface area contributed by atoms with Crippen LogP contribution in [0.5, 0.6) is 0 Å². The van der Waals surface area contributed by atoms with E-state index < -0.39 is 0 Å². The molecular formula is C14H14BrClN2. The summed E-state index contributed by atoms with van der Waals surface area (Å²) in [7, 11) is 0. The second kappa shape index (κ2) is 5.72. The maximum atomic E-state index is 5.89. The molecule has 0 amide bonds. The molecule has 2 aromatic rings. The molecule has 0 aliphatic carbocycles. The maximum Gasteiger partial charge on any atom is 0.132 e. The summed E-state index contributed by atoms with van der Waals surface area (Å²) in [5, 5.41) is 3.89. The molecule has 1 N–H and O–H groups in total. The van der Waals surface area contributed by atoms with E-state index in [1.165, 1.54) is 11.1 Å². The maximum absolute atomic E-state index is 5.89. The van der Waals surface area contributed by atoms with Crippen LogP contribution in [-0.4, -0.2) is 4.98 Å². The van der Waals surface area contributed by atoms with Crippen molar-refractivity contribution in [1.29, 1.82) is 0 Å². The molecule has 0 atom stereocenters. The SMILES string of the molecule is Cc1cc(CNc2cnc(Cl)c(C)c2)ccc1Br. The van der Waals surface area contributed by atoms with Crippen molar-refractivity contribution in [3.8, 4) is 0 Å². The van der Waals surface area contributed by atoms with Gasteiger partial charge in [-0.1, -0.05) is 39.7 Å². The molecule has 1 aromatic heterocycles. The summed E-state index contributed by atoms with van der Waals surface area (Å²) in [6, 6.07) is 8.33. The van der Waals surface area contributed by atoms with Crippen molar-refractivity contribution in [3.05, 3.63) is 56.8 Å². The van der Waals surface area contributed by atoms with Gasteiger partial charge in [-0.15, -0.1) is 0 Å². The number of halogens is 2. The van der Waals surface area contributed by atoms with Crippen LogP contribution in [0.25, 0.3) is 0 Å². The minimum atomic E-state index is 0.556. The number of benzene rings is 1. The van der Waals surface area contributed by atoms with Crippen LogP contribution in [0, 0.1) is 13.8 Å². The Morgan fingerprint density at radius 3 is 2.67 bits per heavy atom. The van der Waals surface area contributed by atoms with Crippen molar-refractivity contribution in [1.82, 2.24) is 4.98 Å². The van der Waals surface area contributed by atoms with E-state index >= 15 is 0 Å². The van der Waals surface area contributed by atoms with Gasteiger partial charge < -0.3 is 5.32 Å². The highest BCUT2D eigenvalue weighted by atomic mass is 79.9. The second-order valence-corrected chi connectivity index (χ2v) is 5.48. The fourth-order valence-corrected chi connectivity index (χ4v) is 2.03. The average molecular weight is 326 g/mol. The van der Waals surface area contributed by atoms with E-state index in [4.69, 9.17) is 11.6 Å². The molecule has 18 heavy (non-hydrogen) atoms. The van der Waals surface area contributed by atoms with Crippen LogP contribution in [0.15, 0.2) is 34.9 Å². The zero-order valence-electron chi connectivity index (χ0n) is 10.3. The number of nitrogens with zero attached hydrogens (tertiary/aromatic N) is 1. The van der Waals surface area contributed by atoms with Gasteiger partial charge >= 0.3 is 0 Å². The Labute approximate surface area is 121 Å². The third-order valence-electron chi connectivity index (χ3n) is 2.73. The molecule has 0 aliphatic heterocycles. The lowest BCUT2D eigenvalue weighted by molar-refractivity contribution is 1.12. The summed E-state index contributed by atoms with van der Waals surface area (Å²) in [5.41, 5.74) is 4.44. The van der Waals surface area contributed by atoms with Crippen LogP contribution in [0.2, 0.25) is 5.15 Å². The minimum absolute atomic E-state index is 0.556. The first-order chi connectivity index (χ1) is 8.56. The van der Waals surface area contributed by atoms with E-state index in [-0.39, 0.29) is 0 Å². The van der Waals surface area contributed by atoms with Gasteiger partial charge in [0.2, 0.25) is 0 Å². The normalized spacial score (nSPS) is 10.4. The van der Waals surface area contributed by atoms with Crippen molar-refractivity contribution in [2.24, 2.45) is 0 Å². The number of anilines is 1. The van der Waals surface area contributed by atoms with Crippen LogP contribution >= 0.6 is 27.5 Å². The summed E-state index contributed by atoms with van der Waals surface area (Å²) in [5.74, 6) is 0. The van der Waals surface area contributed by atoms with E-state index in [0.717, 1.165) is 22.3 Å². The highest BCUT2D eigenvalue weighted by Crippen LogP contribution is 2.19. The van der Waals surface area contributed by atoms with Crippen molar-refractivity contribution < 1.29 is 0 Å². The summed E-state index contributed by atoms with van der Waals surface area (Å²) >= 11 is 9.39. The van der Waals surface area contributed by atoms with Gasteiger partial charge in [-0.25, -0.2) is 4.98 Å². The molecule has 0 aliphatic rings. The molecule has 1 heterocycles. The average Bonchev–Trinajstić information content (AvgIpc) is 2.35. The Bertz CT molecular complexity index is 518. The molecule has 2 nitrogen and oxygen atoms in total. The summed E-state index contributed by atoms with van der Waals surface area (Å²) in [6.07, 6.45) is 1.75. The van der Waals surface area contributed by atoms with E-state index in [1.54, 1.807) is 6.20 Å². The van der Waals surface area contributed by atoms with Gasteiger partial charge in [-0.2, -0.15) is 0 Å². The van der Waals surface area contributed by atoms with E-state index in [2.05, 4.69) is 51.4 Å². The third kappa shape index (κ3) is 3.24. The van der Waals surface area contributed by atoms with Crippen molar-refractivity contribution >= 4 is 33.2 Å². The fourth-order valence-electron chi connectivity index (χ4n) is 1.68. The summed E-state index contributed by atoms with van der Waals surface area (Å²) in [6.45, 7) is 4.81. The number of nitrogens with one attached hydrogen (secondary N) is 1. The lowest BCUT2D eigenvalue weighted by Gasteiger charge is -2.09. The standard InChI is InChI=1S/C14H14BrClN2/c1-9-5-11(3-4-13(9)15)7-17-12-6-10(2)14(16)18-8-12/h3-6,8,17H,7H2,1-2H3. The highest BCUT2D eigenvalue weighted by Gasteiger charge is 2.00. The summed E-state index contributed by atoms with van der Waals surface area (Å²) in [4.78, 5) is 4.12. The van der Waals surface area contributed by atoms with Crippen molar-refractivity contribution in [2.45, 2.75) is 20.4 Å². The molecule has 0 fully saturated rings. The molecule has 4 heteroatoms. The monoisotopic (exact) mass is 324 g/mol. The molecule has 0 unspecified atom stereocenters. The van der Waals surface area contributed by atoms with Gasteiger partial charge in [0.1, 0.15) is 5.15 Å². The lowest BCUT2D eigenvalue weighted by atomic mass is 10.1. The van der Waals surface area contributed by atoms with Crippen LogP contribution < -0.4 is 5.32 Å². The van der Waals surface area contributed by atoms with Crippen LogP contribution in [0.1, 0.15) is 16.7 Å². The number of pyridine rings is 1. The van der Waals surface area contributed by atoms with Gasteiger partial charge in [-0.05, 0) is 42.7 Å². The van der Waals surface area contributed by atoms with Crippen molar-refractivity contribution in [3.63, 3.8) is 0 Å². The first-order valence-electron chi connectivity index (χ1n) is 5.67. The third-order valence-corrected chi connectivity index (χ3v) is 4.02. The number of hydrogen-bond donors (Lipinski definition) is 1. The highest BCUT2D eigenvalue weighted by molar-refractivity contribution is 9.10. The Morgan fingerprint density at radius 2 is 2.00 bits per heavy atom. The summed E-state index contributed by atoms with van der Waals surface area (Å²) < 4.78 is 1.13. The lowest BCUT2D eigenvalue weighted by Crippen LogP contribution is -2.00. The molecule has 1 aromatic carbocycles. The quantitative estimate of drug-likeness (QED) is 0.825. The predicted molar refractivity (Wildman–Crippen MR) is 80.2 cm³/mol. The second-order valence-electron chi connectivity index (χ2n) is 4.27. The Hall–Kier alpha value is -1.06. The number of hydrogen-bond acceptors (Lipinski definition) is 2. The van der Waals surface area contributed by atoms with Crippen molar-refractivity contribution in [2.75, 3.05) is 5.32 Å². The molecule has 0 saturated carbocycles. The molecule has 94 valence electrons.